The molecule has 2 aliphatic carbocycles. The van der Waals surface area contributed by atoms with Gasteiger partial charge in [0.25, 0.3) is 0 Å². The van der Waals surface area contributed by atoms with Gasteiger partial charge in [0.1, 0.15) is 0 Å². The normalized spacial score (nSPS) is 30.3. The second-order valence-electron chi connectivity index (χ2n) is 6.07. The molecule has 0 aliphatic heterocycles. The Hall–Kier alpha value is -0.900. The Labute approximate surface area is 109 Å². The molecule has 2 fully saturated rings. The number of aromatic nitrogens is 2. The summed E-state index contributed by atoms with van der Waals surface area (Å²) in [6.07, 6.45) is 7.40. The smallest absolute Gasteiger partial charge is 0.231 e. The molecule has 1 aromatic rings. The van der Waals surface area contributed by atoms with Gasteiger partial charge in [0.2, 0.25) is 5.89 Å². The quantitative estimate of drug-likeness (QED) is 0.891. The zero-order valence-corrected chi connectivity index (χ0v) is 11.4. The summed E-state index contributed by atoms with van der Waals surface area (Å²) in [6.45, 7) is 5.40. The zero-order chi connectivity index (χ0) is 12.6. The van der Waals surface area contributed by atoms with Crippen molar-refractivity contribution in [3.8, 4) is 0 Å². The summed E-state index contributed by atoms with van der Waals surface area (Å²) in [4.78, 5) is 4.68. The standard InChI is InChI=1S/C14H23N3O/c1-3-15-11-7-5-4-6-10(11)12-16-13(17-18-12)14(2)8-9-14/h10-11,15H,3-9H2,1-2H3. The molecule has 0 spiro atoms. The van der Waals surface area contributed by atoms with Gasteiger partial charge in [-0.05, 0) is 32.2 Å². The van der Waals surface area contributed by atoms with Crippen molar-refractivity contribution in [3.63, 3.8) is 0 Å². The van der Waals surface area contributed by atoms with Gasteiger partial charge < -0.3 is 9.84 Å². The first-order valence-corrected chi connectivity index (χ1v) is 7.30. The summed E-state index contributed by atoms with van der Waals surface area (Å²) < 4.78 is 5.55. The molecule has 2 saturated carbocycles. The van der Waals surface area contributed by atoms with E-state index in [1.54, 1.807) is 0 Å². The fraction of sp³-hybridized carbons (Fsp3) is 0.857. The van der Waals surface area contributed by atoms with Crippen LogP contribution in [0.3, 0.4) is 0 Å². The number of hydrogen-bond donors (Lipinski definition) is 1. The maximum atomic E-state index is 5.55. The van der Waals surface area contributed by atoms with Crippen LogP contribution in [0, 0.1) is 0 Å². The minimum absolute atomic E-state index is 0.212. The zero-order valence-electron chi connectivity index (χ0n) is 11.4. The molecule has 0 bridgehead atoms. The van der Waals surface area contributed by atoms with Crippen LogP contribution < -0.4 is 5.32 Å². The lowest BCUT2D eigenvalue weighted by molar-refractivity contribution is 0.263. The van der Waals surface area contributed by atoms with Crippen molar-refractivity contribution in [1.29, 1.82) is 0 Å². The summed E-state index contributed by atoms with van der Waals surface area (Å²) in [7, 11) is 0. The number of hydrogen-bond acceptors (Lipinski definition) is 4. The van der Waals surface area contributed by atoms with Crippen LogP contribution in [-0.2, 0) is 5.41 Å². The summed E-state index contributed by atoms with van der Waals surface area (Å²) in [5.41, 5.74) is 0.212. The average Bonchev–Trinajstić information content (AvgIpc) is 2.95. The molecule has 1 N–H and O–H groups in total. The van der Waals surface area contributed by atoms with Crippen molar-refractivity contribution in [3.05, 3.63) is 11.7 Å². The van der Waals surface area contributed by atoms with Crippen LogP contribution in [0.15, 0.2) is 4.52 Å². The summed E-state index contributed by atoms with van der Waals surface area (Å²) in [5.74, 6) is 2.21. The lowest BCUT2D eigenvalue weighted by Gasteiger charge is -2.29. The molecule has 1 aromatic heterocycles. The molecule has 2 atom stereocenters. The van der Waals surface area contributed by atoms with Gasteiger partial charge in [-0.1, -0.05) is 31.8 Å². The summed E-state index contributed by atoms with van der Waals surface area (Å²) in [6, 6.07) is 0.518. The first-order chi connectivity index (χ1) is 8.73. The van der Waals surface area contributed by atoms with Crippen LogP contribution >= 0.6 is 0 Å². The van der Waals surface area contributed by atoms with Gasteiger partial charge in [0.15, 0.2) is 5.82 Å². The molecular formula is C14H23N3O. The highest BCUT2D eigenvalue weighted by Crippen LogP contribution is 2.46. The molecule has 3 rings (SSSR count). The molecule has 4 heteroatoms. The third kappa shape index (κ3) is 2.18. The molecule has 0 radical (unpaired) electrons. The topological polar surface area (TPSA) is 51.0 Å². The molecule has 4 nitrogen and oxygen atoms in total. The van der Waals surface area contributed by atoms with Crippen LogP contribution in [-0.4, -0.2) is 22.7 Å². The molecule has 1 heterocycles. The second kappa shape index (κ2) is 4.65. The summed E-state index contributed by atoms with van der Waals surface area (Å²) >= 11 is 0. The van der Waals surface area contributed by atoms with E-state index in [1.807, 2.05) is 0 Å². The highest BCUT2D eigenvalue weighted by atomic mass is 16.5. The predicted molar refractivity (Wildman–Crippen MR) is 69.6 cm³/mol. The fourth-order valence-electron chi connectivity index (χ4n) is 2.98. The van der Waals surface area contributed by atoms with Crippen molar-refractivity contribution < 1.29 is 4.52 Å². The van der Waals surface area contributed by atoms with Gasteiger partial charge in [-0.15, -0.1) is 0 Å². The highest BCUT2D eigenvalue weighted by molar-refractivity contribution is 5.15. The minimum atomic E-state index is 0.212. The lowest BCUT2D eigenvalue weighted by atomic mass is 9.84. The molecular weight excluding hydrogens is 226 g/mol. The minimum Gasteiger partial charge on any atom is -0.339 e. The molecule has 0 aromatic carbocycles. The van der Waals surface area contributed by atoms with Crippen LogP contribution in [0.25, 0.3) is 0 Å². The SMILES string of the molecule is CCNC1CCCCC1c1nc(C2(C)CC2)no1. The number of nitrogens with zero attached hydrogens (tertiary/aromatic N) is 2. The van der Waals surface area contributed by atoms with Gasteiger partial charge in [-0.2, -0.15) is 4.98 Å². The fourth-order valence-corrected chi connectivity index (χ4v) is 2.98. The average molecular weight is 249 g/mol. The molecule has 2 unspecified atom stereocenters. The molecule has 100 valence electrons. The van der Waals surface area contributed by atoms with Crippen molar-refractivity contribution in [1.82, 2.24) is 15.5 Å². The van der Waals surface area contributed by atoms with Gasteiger partial charge in [0.05, 0.1) is 5.92 Å². The van der Waals surface area contributed by atoms with Crippen LogP contribution in [0.4, 0.5) is 0 Å². The lowest BCUT2D eigenvalue weighted by Crippen LogP contribution is -2.37. The van der Waals surface area contributed by atoms with Crippen LogP contribution in [0.1, 0.15) is 70.0 Å². The number of rotatable bonds is 4. The van der Waals surface area contributed by atoms with E-state index in [9.17, 15) is 0 Å². The Bertz CT molecular complexity index is 409. The number of likely N-dealkylation sites (N-methyl/N-ethyl adjacent to an activating group) is 1. The van der Waals surface area contributed by atoms with Crippen molar-refractivity contribution in [2.75, 3.05) is 6.54 Å². The third-order valence-electron chi connectivity index (χ3n) is 4.53. The van der Waals surface area contributed by atoms with Gasteiger partial charge in [-0.25, -0.2) is 0 Å². The van der Waals surface area contributed by atoms with E-state index in [4.69, 9.17) is 4.52 Å². The van der Waals surface area contributed by atoms with E-state index in [0.717, 1.165) is 18.3 Å². The maximum absolute atomic E-state index is 5.55. The largest absolute Gasteiger partial charge is 0.339 e. The van der Waals surface area contributed by atoms with Crippen LogP contribution in [0.2, 0.25) is 0 Å². The number of nitrogens with one attached hydrogen (secondary N) is 1. The van der Waals surface area contributed by atoms with Gasteiger partial charge in [0, 0.05) is 11.5 Å². The van der Waals surface area contributed by atoms with E-state index in [1.165, 1.54) is 38.5 Å². The predicted octanol–water partition coefficient (Wildman–Crippen LogP) is 2.76. The third-order valence-corrected chi connectivity index (χ3v) is 4.53. The van der Waals surface area contributed by atoms with E-state index in [0.29, 0.717) is 12.0 Å². The van der Waals surface area contributed by atoms with Gasteiger partial charge >= 0.3 is 0 Å². The molecule has 18 heavy (non-hydrogen) atoms. The van der Waals surface area contributed by atoms with Crippen molar-refractivity contribution in [2.24, 2.45) is 0 Å². The van der Waals surface area contributed by atoms with E-state index < -0.39 is 0 Å². The highest BCUT2D eigenvalue weighted by Gasteiger charge is 2.44. The van der Waals surface area contributed by atoms with E-state index >= 15 is 0 Å². The second-order valence-corrected chi connectivity index (χ2v) is 6.07. The van der Waals surface area contributed by atoms with Gasteiger partial charge in [-0.3, -0.25) is 0 Å². The molecule has 0 saturated heterocycles. The Morgan fingerprint density at radius 1 is 1.33 bits per heavy atom. The van der Waals surface area contributed by atoms with E-state index in [2.05, 4.69) is 29.3 Å². The molecule has 2 aliphatic rings. The Morgan fingerprint density at radius 2 is 2.11 bits per heavy atom. The molecule has 0 amide bonds. The van der Waals surface area contributed by atoms with Crippen LogP contribution in [0.5, 0.6) is 0 Å². The Morgan fingerprint density at radius 3 is 2.83 bits per heavy atom. The first kappa shape index (κ1) is 12.2. The summed E-state index contributed by atoms with van der Waals surface area (Å²) in [5, 5.41) is 7.77. The van der Waals surface area contributed by atoms with Crippen molar-refractivity contribution >= 4 is 0 Å². The first-order valence-electron chi connectivity index (χ1n) is 7.30. The maximum Gasteiger partial charge on any atom is 0.231 e. The Balaban J connectivity index is 1.77. The van der Waals surface area contributed by atoms with E-state index in [-0.39, 0.29) is 5.41 Å². The Kier molecular flexibility index (Phi) is 3.14. The monoisotopic (exact) mass is 249 g/mol. The van der Waals surface area contributed by atoms with Crippen molar-refractivity contribution in [2.45, 2.75) is 69.7 Å².